The first-order valence-corrected chi connectivity index (χ1v) is 13.1. The van der Waals surface area contributed by atoms with Gasteiger partial charge >= 0.3 is 0 Å². The number of likely N-dealkylation sites (N-methyl/N-ethyl adjacent to an activating group) is 1. The largest absolute Gasteiger partial charge is 0.424 e. The molecule has 36 heavy (non-hydrogen) atoms. The van der Waals surface area contributed by atoms with Crippen LogP contribution >= 0.6 is 0 Å². The van der Waals surface area contributed by atoms with Gasteiger partial charge in [0.1, 0.15) is 11.6 Å². The first kappa shape index (κ1) is 22.7. The Morgan fingerprint density at radius 1 is 1.19 bits per heavy atom. The number of ether oxygens (including phenoxy) is 1. The van der Waals surface area contributed by atoms with Gasteiger partial charge in [-0.25, -0.2) is 0 Å². The molecular formula is C29H35N3O4. The first-order valence-electron chi connectivity index (χ1n) is 13.1. The van der Waals surface area contributed by atoms with Gasteiger partial charge in [0, 0.05) is 17.4 Å². The summed E-state index contributed by atoms with van der Waals surface area (Å²) in [7, 11) is 3.94. The molecule has 5 aliphatic rings. The number of allylic oxidation sites excluding steroid dienone is 3. The standard InChI is InChI=1S/C29H35N3O4/c1-15-11-17-13-19-24(33)25(34)21(32(3)4)14-28(19)9-10-29(17,36-28)23-8-6-18(27(15,23)2)16-5-7-20-22(12-16)35-26(30)31-20/h5-7,11-13,15,21,23-25,33-34H,8-10,14H2,1-4H3,(H2,30,31). The second-order valence-electron chi connectivity index (χ2n) is 12.1. The molecule has 2 aliphatic heterocycles. The van der Waals surface area contributed by atoms with E-state index in [2.05, 4.69) is 49.2 Å². The lowest BCUT2D eigenvalue weighted by Gasteiger charge is -2.57. The van der Waals surface area contributed by atoms with E-state index in [1.807, 2.05) is 25.1 Å². The van der Waals surface area contributed by atoms with E-state index in [0.717, 1.165) is 35.9 Å². The van der Waals surface area contributed by atoms with Crippen LogP contribution in [0.25, 0.3) is 16.7 Å². The van der Waals surface area contributed by atoms with E-state index in [9.17, 15) is 10.2 Å². The molecule has 2 fully saturated rings. The number of fused-ring (bicyclic) bond motifs is 2. The average Bonchev–Trinajstić information content (AvgIpc) is 3.49. The van der Waals surface area contributed by atoms with Crippen molar-refractivity contribution in [2.45, 2.75) is 69.0 Å². The van der Waals surface area contributed by atoms with Crippen molar-refractivity contribution in [3.8, 4) is 0 Å². The van der Waals surface area contributed by atoms with Crippen molar-refractivity contribution in [2.24, 2.45) is 17.3 Å². The van der Waals surface area contributed by atoms with E-state index in [4.69, 9.17) is 14.9 Å². The maximum absolute atomic E-state index is 11.2. The summed E-state index contributed by atoms with van der Waals surface area (Å²) in [6.45, 7) is 4.68. The summed E-state index contributed by atoms with van der Waals surface area (Å²) in [6.07, 6.45) is 8.63. The monoisotopic (exact) mass is 489 g/mol. The van der Waals surface area contributed by atoms with Gasteiger partial charge in [-0.2, -0.15) is 4.98 Å². The van der Waals surface area contributed by atoms with Crippen LogP contribution in [0.2, 0.25) is 0 Å². The lowest BCUT2D eigenvalue weighted by atomic mass is 9.54. The van der Waals surface area contributed by atoms with Gasteiger partial charge in [-0.3, -0.25) is 0 Å². The third-order valence-corrected chi connectivity index (χ3v) is 10.4. The fourth-order valence-electron chi connectivity index (χ4n) is 8.37. The van der Waals surface area contributed by atoms with Crippen LogP contribution in [-0.4, -0.2) is 63.6 Å². The molecule has 7 nitrogen and oxygen atoms in total. The van der Waals surface area contributed by atoms with Gasteiger partial charge in [0.2, 0.25) is 0 Å². The second-order valence-corrected chi connectivity index (χ2v) is 12.1. The zero-order chi connectivity index (χ0) is 25.2. The van der Waals surface area contributed by atoms with E-state index in [1.54, 1.807) is 0 Å². The molecule has 2 bridgehead atoms. The average molecular weight is 490 g/mol. The molecule has 2 aromatic rings. The molecule has 8 atom stereocenters. The zero-order valence-corrected chi connectivity index (χ0v) is 21.4. The zero-order valence-electron chi connectivity index (χ0n) is 21.4. The number of oxazole rings is 1. The first-order chi connectivity index (χ1) is 17.1. The van der Waals surface area contributed by atoms with Gasteiger partial charge < -0.3 is 30.0 Å². The Kier molecular flexibility index (Phi) is 4.48. The molecule has 1 aromatic carbocycles. The normalized spacial score (nSPS) is 43.1. The smallest absolute Gasteiger partial charge is 0.292 e. The molecule has 2 spiro atoms. The fraction of sp³-hybridized carbons (Fsp3) is 0.552. The minimum Gasteiger partial charge on any atom is -0.424 e. The Morgan fingerprint density at radius 2 is 2.00 bits per heavy atom. The van der Waals surface area contributed by atoms with Gasteiger partial charge in [0.25, 0.3) is 6.01 Å². The van der Waals surface area contributed by atoms with Crippen LogP contribution in [-0.2, 0) is 4.74 Å². The van der Waals surface area contributed by atoms with E-state index in [-0.39, 0.29) is 34.9 Å². The summed E-state index contributed by atoms with van der Waals surface area (Å²) in [4.78, 5) is 6.28. The van der Waals surface area contributed by atoms with Crippen molar-refractivity contribution in [3.05, 3.63) is 53.1 Å². The Bertz CT molecular complexity index is 1370. The molecule has 3 aliphatic carbocycles. The molecule has 0 radical (unpaired) electrons. The van der Waals surface area contributed by atoms with Crippen LogP contribution in [0, 0.1) is 17.3 Å². The SMILES string of the molecule is CC1C=C2C=C3C(O)C(O)C(N(C)C)CC34CCC2(O4)C2CC=C(c3ccc4nc(N)oc4c3)C12C. The minimum absolute atomic E-state index is 0.118. The molecule has 1 saturated heterocycles. The quantitative estimate of drug-likeness (QED) is 0.591. The molecule has 1 aromatic heterocycles. The van der Waals surface area contributed by atoms with Crippen LogP contribution in [0.3, 0.4) is 0 Å². The number of benzene rings is 1. The van der Waals surface area contributed by atoms with Crippen molar-refractivity contribution in [1.82, 2.24) is 9.88 Å². The highest BCUT2D eigenvalue weighted by Gasteiger charge is 2.68. The molecule has 0 amide bonds. The molecule has 1 saturated carbocycles. The van der Waals surface area contributed by atoms with Crippen LogP contribution < -0.4 is 5.73 Å². The van der Waals surface area contributed by atoms with Crippen molar-refractivity contribution < 1.29 is 19.4 Å². The summed E-state index contributed by atoms with van der Waals surface area (Å²) in [6, 6.07) is 6.23. The number of rotatable bonds is 2. The number of nitrogen functional groups attached to an aromatic ring is 1. The predicted molar refractivity (Wildman–Crippen MR) is 138 cm³/mol. The number of aliphatic hydroxyl groups is 2. The number of aliphatic hydroxyl groups excluding tert-OH is 2. The number of nitrogens with two attached hydrogens (primary N) is 1. The highest BCUT2D eigenvalue weighted by Crippen LogP contribution is 2.69. The van der Waals surface area contributed by atoms with E-state index < -0.39 is 17.8 Å². The Morgan fingerprint density at radius 3 is 2.78 bits per heavy atom. The number of hydrogen-bond donors (Lipinski definition) is 3. The molecule has 3 heterocycles. The topological polar surface area (TPSA) is 105 Å². The van der Waals surface area contributed by atoms with Crippen molar-refractivity contribution in [3.63, 3.8) is 0 Å². The molecule has 8 unspecified atom stereocenters. The van der Waals surface area contributed by atoms with E-state index in [1.165, 1.54) is 11.1 Å². The number of anilines is 1. The maximum Gasteiger partial charge on any atom is 0.292 e. The summed E-state index contributed by atoms with van der Waals surface area (Å²) < 4.78 is 12.9. The summed E-state index contributed by atoms with van der Waals surface area (Å²) in [5.74, 6) is 0.547. The highest BCUT2D eigenvalue weighted by atomic mass is 16.5. The number of aromatic nitrogens is 1. The van der Waals surface area contributed by atoms with Crippen molar-refractivity contribution in [2.75, 3.05) is 19.8 Å². The molecule has 7 rings (SSSR count). The lowest BCUT2D eigenvalue weighted by Crippen LogP contribution is -2.62. The van der Waals surface area contributed by atoms with Gasteiger partial charge in [0.15, 0.2) is 5.58 Å². The molecule has 190 valence electrons. The van der Waals surface area contributed by atoms with Crippen molar-refractivity contribution in [1.29, 1.82) is 0 Å². The van der Waals surface area contributed by atoms with Crippen LogP contribution in [0.5, 0.6) is 0 Å². The van der Waals surface area contributed by atoms with E-state index >= 15 is 0 Å². The summed E-state index contributed by atoms with van der Waals surface area (Å²) in [5.41, 5.74) is 10.8. The Hall–Kier alpha value is -2.45. The summed E-state index contributed by atoms with van der Waals surface area (Å²) in [5, 5.41) is 22.1. The Balaban J connectivity index is 1.33. The molecule has 4 N–H and O–H groups in total. The third kappa shape index (κ3) is 2.64. The van der Waals surface area contributed by atoms with Gasteiger partial charge in [0.05, 0.1) is 17.3 Å². The highest BCUT2D eigenvalue weighted by molar-refractivity contribution is 5.83. The predicted octanol–water partition coefficient (Wildman–Crippen LogP) is 3.68. The van der Waals surface area contributed by atoms with Gasteiger partial charge in [-0.15, -0.1) is 0 Å². The van der Waals surface area contributed by atoms with Crippen molar-refractivity contribution >= 4 is 22.7 Å². The number of hydrogen-bond acceptors (Lipinski definition) is 7. The second kappa shape index (κ2) is 7.10. The third-order valence-electron chi connectivity index (χ3n) is 10.4. The van der Waals surface area contributed by atoms with Crippen LogP contribution in [0.15, 0.2) is 52.0 Å². The van der Waals surface area contributed by atoms with Gasteiger partial charge in [-0.1, -0.05) is 38.1 Å². The molecule has 7 heteroatoms. The van der Waals surface area contributed by atoms with E-state index in [0.29, 0.717) is 12.0 Å². The fourth-order valence-corrected chi connectivity index (χ4v) is 8.37. The molecular weight excluding hydrogens is 454 g/mol. The Labute approximate surface area is 211 Å². The number of nitrogens with zero attached hydrogens (tertiary/aromatic N) is 2. The van der Waals surface area contributed by atoms with Crippen LogP contribution in [0.1, 0.15) is 45.1 Å². The maximum atomic E-state index is 11.2. The van der Waals surface area contributed by atoms with Crippen LogP contribution in [0.4, 0.5) is 6.01 Å². The summed E-state index contributed by atoms with van der Waals surface area (Å²) >= 11 is 0. The lowest BCUT2D eigenvalue weighted by molar-refractivity contribution is -0.165. The van der Waals surface area contributed by atoms with Gasteiger partial charge in [-0.05, 0) is 80.1 Å². The minimum atomic E-state index is -0.912.